The zero-order valence-corrected chi connectivity index (χ0v) is 12.1. The Morgan fingerprint density at radius 3 is 2.47 bits per heavy atom. The highest BCUT2D eigenvalue weighted by atomic mass is 16.5. The molecule has 0 aliphatic heterocycles. The van der Waals surface area contributed by atoms with Gasteiger partial charge in [0.15, 0.2) is 11.5 Å². The van der Waals surface area contributed by atoms with E-state index < -0.39 is 0 Å². The van der Waals surface area contributed by atoms with E-state index in [0.29, 0.717) is 6.61 Å². The van der Waals surface area contributed by atoms with Crippen molar-refractivity contribution < 1.29 is 14.6 Å². The Balaban J connectivity index is 2.42. The van der Waals surface area contributed by atoms with E-state index in [1.54, 1.807) is 7.11 Å². The van der Waals surface area contributed by atoms with Crippen molar-refractivity contribution >= 4 is 0 Å². The number of rotatable bonds is 9. The number of ether oxygens (including phenoxy) is 2. The van der Waals surface area contributed by atoms with Crippen LogP contribution in [0.2, 0.25) is 0 Å². The molecule has 0 aliphatic carbocycles. The number of aliphatic hydroxyl groups is 1. The van der Waals surface area contributed by atoms with Gasteiger partial charge in [0.2, 0.25) is 0 Å². The van der Waals surface area contributed by atoms with Gasteiger partial charge in [0.05, 0.1) is 20.3 Å². The molecule has 1 unspecified atom stereocenters. The second kappa shape index (κ2) is 8.02. The maximum Gasteiger partial charge on any atom is 0.161 e. The molecule has 0 radical (unpaired) electrons. The normalized spacial score (nSPS) is 13.9. The molecular weight excluding hydrogens is 242 g/mol. The lowest BCUT2D eigenvalue weighted by atomic mass is 9.92. The number of methoxy groups -OCH3 is 1. The van der Waals surface area contributed by atoms with E-state index in [9.17, 15) is 5.11 Å². The van der Waals surface area contributed by atoms with Crippen LogP contribution < -0.4 is 14.8 Å². The summed E-state index contributed by atoms with van der Waals surface area (Å²) in [6.07, 6.45) is 2.66. The molecule has 0 fully saturated rings. The van der Waals surface area contributed by atoms with Gasteiger partial charge in [-0.3, -0.25) is 0 Å². The summed E-state index contributed by atoms with van der Waals surface area (Å²) in [5, 5.41) is 12.7. The number of aliphatic hydroxyl groups excluding tert-OH is 1. The minimum absolute atomic E-state index is 0.147. The highest BCUT2D eigenvalue weighted by Crippen LogP contribution is 2.26. The molecule has 4 nitrogen and oxygen atoms in total. The van der Waals surface area contributed by atoms with Crippen molar-refractivity contribution in [1.82, 2.24) is 5.32 Å². The second-order valence-electron chi connectivity index (χ2n) is 4.64. The van der Waals surface area contributed by atoms with Crippen molar-refractivity contribution in [1.29, 1.82) is 0 Å². The van der Waals surface area contributed by atoms with Crippen LogP contribution in [0.3, 0.4) is 0 Å². The lowest BCUT2D eigenvalue weighted by Crippen LogP contribution is -2.46. The van der Waals surface area contributed by atoms with Crippen LogP contribution in [0.15, 0.2) is 24.3 Å². The molecule has 1 atom stereocenters. The fourth-order valence-electron chi connectivity index (χ4n) is 2.08. The van der Waals surface area contributed by atoms with E-state index in [-0.39, 0.29) is 12.1 Å². The maximum absolute atomic E-state index is 9.45. The van der Waals surface area contributed by atoms with Crippen molar-refractivity contribution in [3.8, 4) is 11.5 Å². The van der Waals surface area contributed by atoms with E-state index in [0.717, 1.165) is 30.8 Å². The topological polar surface area (TPSA) is 50.7 Å². The molecule has 0 heterocycles. The first-order chi connectivity index (χ1) is 9.21. The first kappa shape index (κ1) is 15.8. The molecule has 1 aromatic carbocycles. The summed E-state index contributed by atoms with van der Waals surface area (Å²) in [4.78, 5) is 0. The second-order valence-corrected chi connectivity index (χ2v) is 4.64. The smallest absolute Gasteiger partial charge is 0.161 e. The summed E-state index contributed by atoms with van der Waals surface area (Å²) in [6, 6.07) is 7.62. The number of hydrogen-bond donors (Lipinski definition) is 2. The Hall–Kier alpha value is -1.26. The molecule has 0 aliphatic rings. The number of likely N-dealkylation sites (N-methyl/N-ethyl adjacent to an activating group) is 1. The average molecular weight is 267 g/mol. The Kier molecular flexibility index (Phi) is 6.67. The molecule has 0 amide bonds. The van der Waals surface area contributed by atoms with Gasteiger partial charge in [-0.25, -0.2) is 0 Å². The van der Waals surface area contributed by atoms with Crippen LogP contribution in [-0.4, -0.2) is 38.0 Å². The van der Waals surface area contributed by atoms with E-state index in [2.05, 4.69) is 12.2 Å². The van der Waals surface area contributed by atoms with Crippen molar-refractivity contribution in [2.45, 2.75) is 31.7 Å². The standard InChI is InChI=1S/C15H25NO3/c1-4-15(12-17,16-2)10-7-11-19-14-9-6-5-8-13(14)18-3/h5-6,8-9,16-17H,4,7,10-12H2,1-3H3. The molecule has 19 heavy (non-hydrogen) atoms. The predicted octanol–water partition coefficient (Wildman–Crippen LogP) is 2.21. The van der Waals surface area contributed by atoms with Gasteiger partial charge in [0.25, 0.3) is 0 Å². The molecule has 0 bridgehead atoms. The van der Waals surface area contributed by atoms with Gasteiger partial charge in [-0.1, -0.05) is 19.1 Å². The molecule has 0 saturated carbocycles. The largest absolute Gasteiger partial charge is 0.493 e. The minimum Gasteiger partial charge on any atom is -0.493 e. The fourth-order valence-corrected chi connectivity index (χ4v) is 2.08. The number of benzene rings is 1. The van der Waals surface area contributed by atoms with E-state index in [1.165, 1.54) is 0 Å². The summed E-state index contributed by atoms with van der Waals surface area (Å²) in [5.74, 6) is 1.51. The summed E-state index contributed by atoms with van der Waals surface area (Å²) in [7, 11) is 3.53. The molecule has 0 spiro atoms. The first-order valence-corrected chi connectivity index (χ1v) is 6.77. The molecule has 0 aromatic heterocycles. The summed E-state index contributed by atoms with van der Waals surface area (Å²) >= 11 is 0. The van der Waals surface area contributed by atoms with Gasteiger partial charge in [-0.05, 0) is 38.4 Å². The van der Waals surface area contributed by atoms with Crippen LogP contribution in [0.5, 0.6) is 11.5 Å². The number of para-hydroxylation sites is 2. The Morgan fingerprint density at radius 2 is 1.95 bits per heavy atom. The number of nitrogens with one attached hydrogen (secondary N) is 1. The fraction of sp³-hybridized carbons (Fsp3) is 0.600. The van der Waals surface area contributed by atoms with Gasteiger partial charge >= 0.3 is 0 Å². The van der Waals surface area contributed by atoms with E-state index >= 15 is 0 Å². The lowest BCUT2D eigenvalue weighted by Gasteiger charge is -2.30. The van der Waals surface area contributed by atoms with E-state index in [4.69, 9.17) is 9.47 Å². The van der Waals surface area contributed by atoms with Crippen LogP contribution in [0.25, 0.3) is 0 Å². The number of hydrogen-bond acceptors (Lipinski definition) is 4. The lowest BCUT2D eigenvalue weighted by molar-refractivity contribution is 0.145. The zero-order chi connectivity index (χ0) is 14.1. The monoisotopic (exact) mass is 267 g/mol. The molecule has 4 heteroatoms. The van der Waals surface area contributed by atoms with Gasteiger partial charge in [0, 0.05) is 5.54 Å². The molecule has 1 aromatic rings. The van der Waals surface area contributed by atoms with Crippen LogP contribution in [0.1, 0.15) is 26.2 Å². The minimum atomic E-state index is -0.190. The van der Waals surface area contributed by atoms with Crippen molar-refractivity contribution in [3.63, 3.8) is 0 Å². The summed E-state index contributed by atoms with van der Waals surface area (Å²) in [6.45, 7) is 2.84. The van der Waals surface area contributed by atoms with Crippen LogP contribution in [-0.2, 0) is 0 Å². The molecule has 108 valence electrons. The third-order valence-electron chi connectivity index (χ3n) is 3.64. The third-order valence-corrected chi connectivity index (χ3v) is 3.64. The summed E-state index contributed by atoms with van der Waals surface area (Å²) < 4.78 is 11.0. The van der Waals surface area contributed by atoms with Crippen LogP contribution >= 0.6 is 0 Å². The summed E-state index contributed by atoms with van der Waals surface area (Å²) in [5.41, 5.74) is -0.190. The van der Waals surface area contributed by atoms with Crippen molar-refractivity contribution in [2.75, 3.05) is 27.4 Å². The SMILES string of the molecule is CCC(CO)(CCCOc1ccccc1OC)NC. The van der Waals surface area contributed by atoms with Crippen molar-refractivity contribution in [3.05, 3.63) is 24.3 Å². The maximum atomic E-state index is 9.45. The highest BCUT2D eigenvalue weighted by molar-refractivity contribution is 5.39. The molecule has 2 N–H and O–H groups in total. The molecular formula is C15H25NO3. The van der Waals surface area contributed by atoms with Crippen LogP contribution in [0.4, 0.5) is 0 Å². The zero-order valence-electron chi connectivity index (χ0n) is 12.1. The first-order valence-electron chi connectivity index (χ1n) is 6.77. The Morgan fingerprint density at radius 1 is 1.26 bits per heavy atom. The van der Waals surface area contributed by atoms with Gasteiger partial charge in [-0.2, -0.15) is 0 Å². The highest BCUT2D eigenvalue weighted by Gasteiger charge is 2.24. The quantitative estimate of drug-likeness (QED) is 0.674. The van der Waals surface area contributed by atoms with Gasteiger partial charge in [-0.15, -0.1) is 0 Å². The third kappa shape index (κ3) is 4.40. The van der Waals surface area contributed by atoms with Crippen LogP contribution in [0, 0.1) is 0 Å². The van der Waals surface area contributed by atoms with E-state index in [1.807, 2.05) is 31.3 Å². The van der Waals surface area contributed by atoms with Gasteiger partial charge in [0.1, 0.15) is 0 Å². The average Bonchev–Trinajstić information content (AvgIpc) is 2.48. The van der Waals surface area contributed by atoms with Crippen molar-refractivity contribution in [2.24, 2.45) is 0 Å². The van der Waals surface area contributed by atoms with Gasteiger partial charge < -0.3 is 19.9 Å². The Bertz CT molecular complexity index is 356. The molecule has 0 saturated heterocycles. The Labute approximate surface area is 115 Å². The predicted molar refractivity (Wildman–Crippen MR) is 76.9 cm³/mol. The molecule has 1 rings (SSSR count).